The topological polar surface area (TPSA) is 114 Å². The third-order valence-corrected chi connectivity index (χ3v) is 3.72. The first kappa shape index (κ1) is 19.2. The van der Waals surface area contributed by atoms with E-state index in [2.05, 4.69) is 20.9 Å². The Balaban J connectivity index is 2.01. The van der Waals surface area contributed by atoms with Gasteiger partial charge in [-0.3, -0.25) is 14.7 Å². The molecule has 1 aliphatic heterocycles. The lowest BCUT2D eigenvalue weighted by molar-refractivity contribution is -0.124. The van der Waals surface area contributed by atoms with E-state index in [1.165, 1.54) is 21.3 Å². The third kappa shape index (κ3) is 4.26. The summed E-state index contributed by atoms with van der Waals surface area (Å²) in [6, 6.07) is 3.10. The molecule has 1 aromatic rings. The molecule has 0 aliphatic carbocycles. The van der Waals surface area contributed by atoms with Crippen LogP contribution in [0, 0.1) is 0 Å². The number of rotatable bonds is 7. The molecule has 10 heteroatoms. The maximum Gasteiger partial charge on any atom is 0.324 e. The van der Waals surface area contributed by atoms with Gasteiger partial charge in [0.15, 0.2) is 17.5 Å². The molecule has 0 saturated carbocycles. The second kappa shape index (κ2) is 8.79. The molecule has 0 bridgehead atoms. The summed E-state index contributed by atoms with van der Waals surface area (Å²) < 4.78 is 15.9. The number of nitrogens with zero attached hydrogens (tertiary/aromatic N) is 2. The maximum atomic E-state index is 11.6. The van der Waals surface area contributed by atoms with Crippen molar-refractivity contribution in [2.45, 2.75) is 0 Å². The van der Waals surface area contributed by atoms with E-state index >= 15 is 0 Å². The Morgan fingerprint density at radius 3 is 2.31 bits per heavy atom. The van der Waals surface area contributed by atoms with E-state index in [9.17, 15) is 9.59 Å². The number of hydrogen-bond acceptors (Lipinski definition) is 6. The van der Waals surface area contributed by atoms with E-state index in [4.69, 9.17) is 14.2 Å². The summed E-state index contributed by atoms with van der Waals surface area (Å²) in [6.45, 7) is 0.626. The fraction of sp³-hybridized carbons (Fsp3) is 0.438. The molecular formula is C16H23N5O5. The molecule has 1 aromatic carbocycles. The van der Waals surface area contributed by atoms with Crippen molar-refractivity contribution >= 4 is 23.6 Å². The Morgan fingerprint density at radius 1 is 1.19 bits per heavy atom. The molecule has 1 aliphatic rings. The van der Waals surface area contributed by atoms with Crippen molar-refractivity contribution in [1.29, 1.82) is 0 Å². The smallest absolute Gasteiger partial charge is 0.324 e. The van der Waals surface area contributed by atoms with Crippen molar-refractivity contribution in [2.24, 2.45) is 4.99 Å². The van der Waals surface area contributed by atoms with Crippen LogP contribution in [0.2, 0.25) is 0 Å². The van der Waals surface area contributed by atoms with Gasteiger partial charge in [-0.1, -0.05) is 0 Å². The van der Waals surface area contributed by atoms with Crippen LogP contribution in [0.4, 0.5) is 10.5 Å². The molecule has 26 heavy (non-hydrogen) atoms. The Hall–Kier alpha value is -3.17. The Morgan fingerprint density at radius 2 is 1.85 bits per heavy atom. The van der Waals surface area contributed by atoms with Crippen molar-refractivity contribution in [3.63, 3.8) is 0 Å². The minimum Gasteiger partial charge on any atom is -0.493 e. The molecule has 1 saturated heterocycles. The molecular weight excluding hydrogens is 342 g/mol. The Labute approximate surface area is 151 Å². The Bertz CT molecular complexity index is 665. The normalized spacial score (nSPS) is 14.2. The monoisotopic (exact) mass is 365 g/mol. The van der Waals surface area contributed by atoms with Gasteiger partial charge < -0.3 is 30.2 Å². The van der Waals surface area contributed by atoms with Gasteiger partial charge in [-0.05, 0) is 0 Å². The fourth-order valence-electron chi connectivity index (χ4n) is 2.44. The van der Waals surface area contributed by atoms with Gasteiger partial charge in [0.25, 0.3) is 0 Å². The molecule has 1 heterocycles. The van der Waals surface area contributed by atoms with Gasteiger partial charge in [0.1, 0.15) is 0 Å². The van der Waals surface area contributed by atoms with E-state index in [1.54, 1.807) is 19.2 Å². The predicted molar refractivity (Wildman–Crippen MR) is 96.2 cm³/mol. The number of ether oxygens (including phenoxy) is 3. The lowest BCUT2D eigenvalue weighted by Gasteiger charge is -2.17. The van der Waals surface area contributed by atoms with E-state index in [-0.39, 0.29) is 25.0 Å². The molecule has 142 valence electrons. The second-order valence-corrected chi connectivity index (χ2v) is 5.24. The van der Waals surface area contributed by atoms with Crippen molar-refractivity contribution in [2.75, 3.05) is 53.3 Å². The first-order chi connectivity index (χ1) is 12.5. The van der Waals surface area contributed by atoms with Crippen molar-refractivity contribution < 1.29 is 23.8 Å². The highest BCUT2D eigenvalue weighted by atomic mass is 16.5. The maximum absolute atomic E-state index is 11.6. The van der Waals surface area contributed by atoms with Crippen molar-refractivity contribution in [1.82, 2.24) is 15.5 Å². The van der Waals surface area contributed by atoms with E-state index in [1.807, 2.05) is 0 Å². The molecule has 10 nitrogen and oxygen atoms in total. The zero-order valence-corrected chi connectivity index (χ0v) is 15.2. The van der Waals surface area contributed by atoms with Crippen LogP contribution in [0.3, 0.4) is 0 Å². The van der Waals surface area contributed by atoms with Gasteiger partial charge in [-0.2, -0.15) is 0 Å². The quantitative estimate of drug-likeness (QED) is 0.361. The molecule has 3 amide bonds. The van der Waals surface area contributed by atoms with E-state index in [0.717, 1.165) is 4.90 Å². The summed E-state index contributed by atoms with van der Waals surface area (Å²) in [5, 5.41) is 8.61. The van der Waals surface area contributed by atoms with Crippen LogP contribution in [0.1, 0.15) is 0 Å². The minimum atomic E-state index is -0.385. The second-order valence-electron chi connectivity index (χ2n) is 5.24. The predicted octanol–water partition coefficient (Wildman–Crippen LogP) is 0.252. The summed E-state index contributed by atoms with van der Waals surface area (Å²) in [5.41, 5.74) is 0.669. The van der Waals surface area contributed by atoms with E-state index < -0.39 is 0 Å². The van der Waals surface area contributed by atoms with Crippen LogP contribution in [0.5, 0.6) is 17.2 Å². The number of aliphatic imine (C=N–C) groups is 1. The summed E-state index contributed by atoms with van der Waals surface area (Å²) in [5.74, 6) is 1.71. The summed E-state index contributed by atoms with van der Waals surface area (Å²) in [7, 11) is 6.21. The largest absolute Gasteiger partial charge is 0.493 e. The first-order valence-electron chi connectivity index (χ1n) is 7.89. The first-order valence-corrected chi connectivity index (χ1v) is 7.89. The van der Waals surface area contributed by atoms with Gasteiger partial charge in [-0.15, -0.1) is 0 Å². The average Bonchev–Trinajstić information content (AvgIpc) is 2.98. The number of carbonyl (C=O) groups is 2. The van der Waals surface area contributed by atoms with Gasteiger partial charge >= 0.3 is 6.03 Å². The molecule has 0 aromatic heterocycles. The molecule has 0 unspecified atom stereocenters. The summed E-state index contributed by atoms with van der Waals surface area (Å²) >= 11 is 0. The molecule has 0 atom stereocenters. The van der Waals surface area contributed by atoms with Crippen LogP contribution in [0.25, 0.3) is 0 Å². The molecule has 2 rings (SSSR count). The third-order valence-electron chi connectivity index (χ3n) is 3.72. The van der Waals surface area contributed by atoms with Crippen LogP contribution in [0.15, 0.2) is 17.1 Å². The minimum absolute atomic E-state index is 0.0389. The standard InChI is InChI=1S/C16H23N5O5/c1-17-15(18-5-6-21-13(22)9-19-16(21)23)20-10-7-11(24-2)14(26-4)12(8-10)25-3/h7-8H,5-6,9H2,1-4H3,(H,19,23)(H2,17,18,20). The zero-order valence-electron chi connectivity index (χ0n) is 15.2. The van der Waals surface area contributed by atoms with Gasteiger partial charge in [0.05, 0.1) is 27.9 Å². The number of anilines is 1. The van der Waals surface area contributed by atoms with Crippen LogP contribution >= 0.6 is 0 Å². The highest BCUT2D eigenvalue weighted by Crippen LogP contribution is 2.39. The van der Waals surface area contributed by atoms with E-state index in [0.29, 0.717) is 35.4 Å². The molecule has 0 spiro atoms. The fourth-order valence-corrected chi connectivity index (χ4v) is 2.44. The lowest BCUT2D eigenvalue weighted by Crippen LogP contribution is -2.40. The number of urea groups is 1. The SMILES string of the molecule is CN=C(NCCN1C(=O)CNC1=O)Nc1cc(OC)c(OC)c(OC)c1. The van der Waals surface area contributed by atoms with Crippen LogP contribution in [-0.4, -0.2) is 70.8 Å². The molecule has 1 fully saturated rings. The number of nitrogens with one attached hydrogen (secondary N) is 3. The highest BCUT2D eigenvalue weighted by Gasteiger charge is 2.27. The van der Waals surface area contributed by atoms with Crippen LogP contribution in [-0.2, 0) is 4.79 Å². The van der Waals surface area contributed by atoms with Gasteiger partial charge in [-0.25, -0.2) is 4.79 Å². The zero-order chi connectivity index (χ0) is 19.1. The lowest BCUT2D eigenvalue weighted by atomic mass is 10.2. The number of guanidine groups is 1. The molecule has 0 radical (unpaired) electrons. The van der Waals surface area contributed by atoms with Crippen molar-refractivity contribution in [3.8, 4) is 17.2 Å². The highest BCUT2D eigenvalue weighted by molar-refractivity contribution is 6.02. The summed E-state index contributed by atoms with van der Waals surface area (Å²) in [4.78, 5) is 28.3. The number of hydrogen-bond donors (Lipinski definition) is 3. The van der Waals surface area contributed by atoms with Gasteiger partial charge in [0, 0.05) is 38.0 Å². The number of methoxy groups -OCH3 is 3. The summed E-state index contributed by atoms with van der Waals surface area (Å²) in [6.07, 6.45) is 0. The number of amides is 3. The average molecular weight is 365 g/mol. The van der Waals surface area contributed by atoms with Crippen LogP contribution < -0.4 is 30.2 Å². The Kier molecular flexibility index (Phi) is 6.48. The van der Waals surface area contributed by atoms with Crippen molar-refractivity contribution in [3.05, 3.63) is 12.1 Å². The molecule has 3 N–H and O–H groups in total. The van der Waals surface area contributed by atoms with Gasteiger partial charge in [0.2, 0.25) is 11.7 Å². The number of benzene rings is 1. The number of imide groups is 1. The number of carbonyl (C=O) groups excluding carboxylic acids is 2.